The summed E-state index contributed by atoms with van der Waals surface area (Å²) in [6.07, 6.45) is 14.5. The average Bonchev–Trinajstić information content (AvgIpc) is 3.08. The number of rotatable bonds is 19. The Hall–Kier alpha value is -1.66. The molecule has 6 nitrogen and oxygen atoms in total. The maximum atomic E-state index is 12.1. The van der Waals surface area contributed by atoms with Gasteiger partial charge in [-0.05, 0) is 44.1 Å². The second kappa shape index (κ2) is 18.6. The molecule has 0 saturated carbocycles. The summed E-state index contributed by atoms with van der Waals surface area (Å²) < 4.78 is 10.8. The van der Waals surface area contributed by atoms with Gasteiger partial charge < -0.3 is 19.7 Å². The molecule has 6 heteroatoms. The van der Waals surface area contributed by atoms with Crippen molar-refractivity contribution in [2.45, 2.75) is 129 Å². The summed E-state index contributed by atoms with van der Waals surface area (Å²) in [4.78, 5) is 23.8. The Balaban J connectivity index is 2.62. The van der Waals surface area contributed by atoms with E-state index in [9.17, 15) is 19.8 Å². The Morgan fingerprint density at radius 1 is 0.941 bits per heavy atom. The number of unbranched alkanes of at least 4 members (excludes halogenated alkanes) is 6. The second-order valence-electron chi connectivity index (χ2n) is 9.41. The number of aliphatic hydroxyl groups is 2. The van der Waals surface area contributed by atoms with Gasteiger partial charge in [-0.3, -0.25) is 9.59 Å². The topological polar surface area (TPSA) is 93.1 Å². The minimum Gasteiger partial charge on any atom is -0.466 e. The Bertz CT molecular complexity index is 639. The molecular formula is C28H48O6. The molecule has 0 saturated heterocycles. The van der Waals surface area contributed by atoms with Crippen molar-refractivity contribution < 1.29 is 29.3 Å². The third-order valence-corrected chi connectivity index (χ3v) is 6.24. The van der Waals surface area contributed by atoms with E-state index in [1.165, 1.54) is 0 Å². The van der Waals surface area contributed by atoms with E-state index in [4.69, 9.17) is 9.47 Å². The highest BCUT2D eigenvalue weighted by Crippen LogP contribution is 2.37. The molecule has 1 rings (SSSR count). The van der Waals surface area contributed by atoms with Gasteiger partial charge in [-0.25, -0.2) is 0 Å². The Kier molecular flexibility index (Phi) is 16.7. The molecule has 0 aromatic carbocycles. The number of carbonyl (C=O) groups is 2. The monoisotopic (exact) mass is 480 g/mol. The molecule has 0 bridgehead atoms. The van der Waals surface area contributed by atoms with Crippen LogP contribution in [0.3, 0.4) is 0 Å². The van der Waals surface area contributed by atoms with Crippen LogP contribution in [0.4, 0.5) is 0 Å². The largest absolute Gasteiger partial charge is 0.466 e. The molecule has 0 heterocycles. The van der Waals surface area contributed by atoms with E-state index < -0.39 is 12.2 Å². The van der Waals surface area contributed by atoms with Gasteiger partial charge in [0.15, 0.2) is 0 Å². The highest BCUT2D eigenvalue weighted by molar-refractivity contribution is 5.70. The highest BCUT2D eigenvalue weighted by Gasteiger charge is 2.33. The van der Waals surface area contributed by atoms with Crippen LogP contribution in [0.25, 0.3) is 0 Å². The Morgan fingerprint density at radius 2 is 1.68 bits per heavy atom. The summed E-state index contributed by atoms with van der Waals surface area (Å²) in [6, 6.07) is 0. The summed E-state index contributed by atoms with van der Waals surface area (Å²) in [7, 11) is 0. The fourth-order valence-corrected chi connectivity index (χ4v) is 4.20. The molecule has 0 unspecified atom stereocenters. The van der Waals surface area contributed by atoms with E-state index in [0.717, 1.165) is 76.2 Å². The fourth-order valence-electron chi connectivity index (χ4n) is 4.20. The summed E-state index contributed by atoms with van der Waals surface area (Å²) in [5.41, 5.74) is 0.966. The Morgan fingerprint density at radius 3 is 2.38 bits per heavy atom. The maximum absolute atomic E-state index is 12.1. The molecular weight excluding hydrogens is 432 g/mol. The predicted octanol–water partition coefficient (Wildman–Crippen LogP) is 6.15. The zero-order valence-corrected chi connectivity index (χ0v) is 21.7. The number of esters is 2. The molecule has 3 atom stereocenters. The molecule has 0 aliphatic heterocycles. The van der Waals surface area contributed by atoms with Crippen LogP contribution in [0.5, 0.6) is 0 Å². The average molecular weight is 481 g/mol. The normalized spacial score (nSPS) is 19.1. The molecule has 1 aliphatic carbocycles. The van der Waals surface area contributed by atoms with Crippen molar-refractivity contribution in [3.05, 3.63) is 23.5 Å². The maximum Gasteiger partial charge on any atom is 0.310 e. The zero-order valence-electron chi connectivity index (χ0n) is 21.7. The lowest BCUT2D eigenvalue weighted by atomic mass is 9.93. The smallest absolute Gasteiger partial charge is 0.310 e. The number of aliphatic hydroxyl groups excluding tert-OH is 2. The molecule has 0 aromatic heterocycles. The number of hydrogen-bond donors (Lipinski definition) is 2. The van der Waals surface area contributed by atoms with Crippen molar-refractivity contribution in [3.8, 4) is 0 Å². The van der Waals surface area contributed by atoms with E-state index in [1.807, 2.05) is 13.0 Å². The lowest BCUT2D eigenvalue weighted by Gasteiger charge is -2.16. The van der Waals surface area contributed by atoms with E-state index in [2.05, 4.69) is 13.8 Å². The number of ether oxygens (including phenoxy) is 2. The quantitative estimate of drug-likeness (QED) is 0.131. The van der Waals surface area contributed by atoms with Crippen molar-refractivity contribution in [2.24, 2.45) is 5.92 Å². The van der Waals surface area contributed by atoms with Crippen LogP contribution < -0.4 is 0 Å². The molecule has 0 spiro atoms. The lowest BCUT2D eigenvalue weighted by molar-refractivity contribution is -0.144. The highest BCUT2D eigenvalue weighted by atomic mass is 16.5. The molecule has 34 heavy (non-hydrogen) atoms. The van der Waals surface area contributed by atoms with Gasteiger partial charge in [0.2, 0.25) is 0 Å². The van der Waals surface area contributed by atoms with Crippen LogP contribution in [0.2, 0.25) is 0 Å². The van der Waals surface area contributed by atoms with E-state index in [0.29, 0.717) is 38.0 Å². The molecule has 0 fully saturated rings. The standard InChI is InChI=1S/C28H48O6/c1-4-7-11-15-22(29)18-19-23-24(26(21-25(23)30)34-28(32)14-6-3)16-12-9-10-13-17-27(31)33-20-8-5-2/h18-19,22-23,25,29-30H,4-17,20-21H2,1-3H3/t22-,23+,25+/m0/s1. The van der Waals surface area contributed by atoms with Gasteiger partial charge in [0, 0.05) is 25.2 Å². The SMILES string of the molecule is CCCCC[C@H](O)C=C[C@@H]1C(CCCCCCC(=O)OCCCC)=C(OC(=O)CCC)C[C@H]1O. The van der Waals surface area contributed by atoms with Crippen LogP contribution in [0.15, 0.2) is 23.5 Å². The van der Waals surface area contributed by atoms with E-state index in [-0.39, 0.29) is 17.9 Å². The minimum atomic E-state index is -0.642. The number of carbonyl (C=O) groups excluding carboxylic acids is 2. The van der Waals surface area contributed by atoms with Crippen LogP contribution >= 0.6 is 0 Å². The first-order valence-corrected chi connectivity index (χ1v) is 13.5. The minimum absolute atomic E-state index is 0.122. The van der Waals surface area contributed by atoms with Gasteiger partial charge in [-0.2, -0.15) is 0 Å². The van der Waals surface area contributed by atoms with Gasteiger partial charge in [0.25, 0.3) is 0 Å². The van der Waals surface area contributed by atoms with Gasteiger partial charge in [0.1, 0.15) is 5.76 Å². The first-order chi connectivity index (χ1) is 16.4. The molecule has 0 radical (unpaired) electrons. The number of hydrogen-bond acceptors (Lipinski definition) is 6. The third kappa shape index (κ3) is 12.7. The van der Waals surface area contributed by atoms with Gasteiger partial charge in [-0.15, -0.1) is 0 Å². The lowest BCUT2D eigenvalue weighted by Crippen LogP contribution is -2.15. The van der Waals surface area contributed by atoms with Crippen LogP contribution in [-0.4, -0.2) is 41.0 Å². The van der Waals surface area contributed by atoms with Crippen molar-refractivity contribution in [2.75, 3.05) is 6.61 Å². The Labute approximate surface area is 206 Å². The van der Waals surface area contributed by atoms with Crippen LogP contribution in [-0.2, 0) is 19.1 Å². The van der Waals surface area contributed by atoms with Crippen molar-refractivity contribution in [1.29, 1.82) is 0 Å². The van der Waals surface area contributed by atoms with Crippen molar-refractivity contribution >= 4 is 11.9 Å². The molecule has 0 aromatic rings. The summed E-state index contributed by atoms with van der Waals surface area (Å²) in [5, 5.41) is 20.9. The fraction of sp³-hybridized carbons (Fsp3) is 0.786. The van der Waals surface area contributed by atoms with Gasteiger partial charge in [0.05, 0.1) is 18.8 Å². The summed E-state index contributed by atoms with van der Waals surface area (Å²) >= 11 is 0. The zero-order chi connectivity index (χ0) is 25.2. The molecule has 0 amide bonds. The summed E-state index contributed by atoms with van der Waals surface area (Å²) in [5.74, 6) is -0.0183. The predicted molar refractivity (Wildman–Crippen MR) is 135 cm³/mol. The summed E-state index contributed by atoms with van der Waals surface area (Å²) in [6.45, 7) is 6.65. The molecule has 196 valence electrons. The van der Waals surface area contributed by atoms with Crippen molar-refractivity contribution in [3.63, 3.8) is 0 Å². The van der Waals surface area contributed by atoms with Gasteiger partial charge in [-0.1, -0.05) is 71.4 Å². The molecule has 1 aliphatic rings. The van der Waals surface area contributed by atoms with E-state index >= 15 is 0 Å². The van der Waals surface area contributed by atoms with Crippen LogP contribution in [0, 0.1) is 5.92 Å². The van der Waals surface area contributed by atoms with Crippen LogP contribution in [0.1, 0.15) is 117 Å². The third-order valence-electron chi connectivity index (χ3n) is 6.24. The first kappa shape index (κ1) is 30.4. The van der Waals surface area contributed by atoms with E-state index in [1.54, 1.807) is 6.08 Å². The second-order valence-corrected chi connectivity index (χ2v) is 9.41. The first-order valence-electron chi connectivity index (χ1n) is 13.5. The van der Waals surface area contributed by atoms with Gasteiger partial charge >= 0.3 is 11.9 Å². The molecule has 2 N–H and O–H groups in total. The van der Waals surface area contributed by atoms with Crippen molar-refractivity contribution in [1.82, 2.24) is 0 Å².